The molecule has 0 unspecified atom stereocenters. The Hall–Kier alpha value is -1.98. The minimum Gasteiger partial charge on any atom is -0.378 e. The molecule has 0 aromatic heterocycles. The van der Waals surface area contributed by atoms with Gasteiger partial charge in [0.1, 0.15) is 0 Å². The third-order valence-corrected chi connectivity index (χ3v) is 6.31. The first-order valence-electron chi connectivity index (χ1n) is 9.96. The van der Waals surface area contributed by atoms with Crippen LogP contribution in [-0.2, 0) is 6.54 Å². The van der Waals surface area contributed by atoms with Crippen LogP contribution in [0.3, 0.4) is 0 Å². The molecular weight excluding hydrogens is 366 g/mol. The van der Waals surface area contributed by atoms with Crippen molar-refractivity contribution in [2.24, 2.45) is 5.92 Å². The molecule has 0 atom stereocenters. The van der Waals surface area contributed by atoms with Gasteiger partial charge in [-0.15, -0.1) is 11.8 Å². The van der Waals surface area contributed by atoms with Crippen molar-refractivity contribution in [3.05, 3.63) is 59.7 Å². The number of thioether (sulfide) groups is 1. The van der Waals surface area contributed by atoms with Gasteiger partial charge in [-0.05, 0) is 67.9 Å². The largest absolute Gasteiger partial charge is 0.378 e. The van der Waals surface area contributed by atoms with Crippen LogP contribution in [0.15, 0.2) is 53.4 Å². The zero-order valence-corrected chi connectivity index (χ0v) is 18.0. The maximum Gasteiger partial charge on any atom is 0.251 e. The summed E-state index contributed by atoms with van der Waals surface area (Å²) in [5, 5.41) is 3.14. The maximum atomic E-state index is 12.5. The summed E-state index contributed by atoms with van der Waals surface area (Å²) >= 11 is 1.82. The van der Waals surface area contributed by atoms with E-state index in [1.807, 2.05) is 55.0 Å². The summed E-state index contributed by atoms with van der Waals surface area (Å²) in [5.41, 5.74) is 3.20. The van der Waals surface area contributed by atoms with E-state index in [-0.39, 0.29) is 5.91 Å². The molecule has 1 aliphatic heterocycles. The van der Waals surface area contributed by atoms with Gasteiger partial charge in [0, 0.05) is 43.3 Å². The zero-order chi connectivity index (χ0) is 19.9. The fourth-order valence-electron chi connectivity index (χ4n) is 3.69. The molecule has 1 aliphatic rings. The van der Waals surface area contributed by atoms with Gasteiger partial charge in [-0.25, -0.2) is 0 Å². The van der Waals surface area contributed by atoms with E-state index in [1.54, 1.807) is 0 Å². The van der Waals surface area contributed by atoms with Crippen molar-refractivity contribution in [1.82, 2.24) is 10.2 Å². The Kier molecular flexibility index (Phi) is 7.40. The predicted molar refractivity (Wildman–Crippen MR) is 119 cm³/mol. The van der Waals surface area contributed by atoms with Crippen LogP contribution in [0.2, 0.25) is 0 Å². The summed E-state index contributed by atoms with van der Waals surface area (Å²) in [5.74, 6) is 0.591. The molecular formula is C23H31N3OS. The van der Waals surface area contributed by atoms with Crippen molar-refractivity contribution in [3.63, 3.8) is 0 Å². The number of piperidine rings is 1. The van der Waals surface area contributed by atoms with Crippen LogP contribution in [0.25, 0.3) is 0 Å². The highest BCUT2D eigenvalue weighted by atomic mass is 32.2. The minimum atomic E-state index is 0.0278. The lowest BCUT2D eigenvalue weighted by molar-refractivity contribution is 0.0935. The Morgan fingerprint density at radius 3 is 2.61 bits per heavy atom. The fourth-order valence-corrected chi connectivity index (χ4v) is 4.30. The summed E-state index contributed by atoms with van der Waals surface area (Å²) in [6.07, 6.45) is 4.42. The molecule has 4 nitrogen and oxygen atoms in total. The lowest BCUT2D eigenvalue weighted by atomic mass is 9.96. The molecule has 2 aromatic carbocycles. The SMILES string of the molecule is CSc1ccccc1CN1CCC(CNC(=O)c2cccc(N(C)C)c2)CC1. The average molecular weight is 398 g/mol. The molecule has 1 amide bonds. The number of anilines is 1. The molecule has 5 heteroatoms. The van der Waals surface area contributed by atoms with Gasteiger partial charge >= 0.3 is 0 Å². The number of nitrogens with one attached hydrogen (secondary N) is 1. The highest BCUT2D eigenvalue weighted by Gasteiger charge is 2.20. The van der Waals surface area contributed by atoms with E-state index >= 15 is 0 Å². The van der Waals surface area contributed by atoms with Crippen LogP contribution < -0.4 is 10.2 Å². The number of hydrogen-bond donors (Lipinski definition) is 1. The number of likely N-dealkylation sites (tertiary alicyclic amines) is 1. The average Bonchev–Trinajstić information content (AvgIpc) is 2.73. The Balaban J connectivity index is 1.45. The zero-order valence-electron chi connectivity index (χ0n) is 17.1. The standard InChI is InChI=1S/C23H31N3OS/c1-25(2)21-9-6-8-19(15-21)23(27)24-16-18-11-13-26(14-12-18)17-20-7-4-5-10-22(20)28-3/h4-10,15,18H,11-14,16-17H2,1-3H3,(H,24,27). The van der Waals surface area contributed by atoms with Crippen molar-refractivity contribution in [1.29, 1.82) is 0 Å². The number of hydrogen-bond acceptors (Lipinski definition) is 4. The molecule has 0 spiro atoms. The van der Waals surface area contributed by atoms with E-state index in [1.165, 1.54) is 10.5 Å². The number of benzene rings is 2. The van der Waals surface area contributed by atoms with Crippen molar-refractivity contribution < 1.29 is 4.79 Å². The maximum absolute atomic E-state index is 12.5. The van der Waals surface area contributed by atoms with Gasteiger partial charge in [-0.2, -0.15) is 0 Å². The normalized spacial score (nSPS) is 15.4. The first-order valence-corrected chi connectivity index (χ1v) is 11.2. The second kappa shape index (κ2) is 9.99. The van der Waals surface area contributed by atoms with Crippen LogP contribution in [0, 0.1) is 5.92 Å². The molecule has 0 saturated carbocycles. The number of rotatable bonds is 7. The van der Waals surface area contributed by atoms with Gasteiger partial charge < -0.3 is 10.2 Å². The van der Waals surface area contributed by atoms with Crippen molar-refractivity contribution in [3.8, 4) is 0 Å². The molecule has 1 heterocycles. The van der Waals surface area contributed by atoms with Crippen molar-refractivity contribution in [2.45, 2.75) is 24.3 Å². The van der Waals surface area contributed by atoms with E-state index in [4.69, 9.17) is 0 Å². The van der Waals surface area contributed by atoms with Crippen LogP contribution in [-0.4, -0.2) is 50.8 Å². The first kappa shape index (κ1) is 20.7. The van der Waals surface area contributed by atoms with Gasteiger partial charge in [-0.3, -0.25) is 9.69 Å². The van der Waals surface area contributed by atoms with E-state index in [0.29, 0.717) is 5.92 Å². The van der Waals surface area contributed by atoms with E-state index < -0.39 is 0 Å². The second-order valence-electron chi connectivity index (χ2n) is 7.69. The van der Waals surface area contributed by atoms with Crippen LogP contribution in [0.4, 0.5) is 5.69 Å². The van der Waals surface area contributed by atoms with Gasteiger partial charge in [0.15, 0.2) is 0 Å². The highest BCUT2D eigenvalue weighted by molar-refractivity contribution is 7.98. The van der Waals surface area contributed by atoms with E-state index in [0.717, 1.165) is 50.3 Å². The van der Waals surface area contributed by atoms with Crippen LogP contribution in [0.1, 0.15) is 28.8 Å². The molecule has 150 valence electrons. The summed E-state index contributed by atoms with van der Waals surface area (Å²) in [6, 6.07) is 16.5. The molecule has 2 aromatic rings. The highest BCUT2D eigenvalue weighted by Crippen LogP contribution is 2.24. The summed E-state index contributed by atoms with van der Waals surface area (Å²) in [6.45, 7) is 3.98. The minimum absolute atomic E-state index is 0.0278. The second-order valence-corrected chi connectivity index (χ2v) is 8.53. The molecule has 28 heavy (non-hydrogen) atoms. The van der Waals surface area contributed by atoms with Crippen molar-refractivity contribution >= 4 is 23.4 Å². The molecule has 1 fully saturated rings. The molecule has 1 saturated heterocycles. The Bertz CT molecular complexity index is 785. The molecule has 0 radical (unpaired) electrons. The fraction of sp³-hybridized carbons (Fsp3) is 0.435. The van der Waals surface area contributed by atoms with Gasteiger partial charge in [-0.1, -0.05) is 24.3 Å². The van der Waals surface area contributed by atoms with Crippen molar-refractivity contribution in [2.75, 3.05) is 44.9 Å². The quantitative estimate of drug-likeness (QED) is 0.713. The Morgan fingerprint density at radius 2 is 1.89 bits per heavy atom. The molecule has 3 rings (SSSR count). The lowest BCUT2D eigenvalue weighted by Crippen LogP contribution is -2.38. The Morgan fingerprint density at radius 1 is 1.14 bits per heavy atom. The number of nitrogens with zero attached hydrogens (tertiary/aromatic N) is 2. The molecule has 0 bridgehead atoms. The van der Waals surface area contributed by atoms with Crippen LogP contribution >= 0.6 is 11.8 Å². The topological polar surface area (TPSA) is 35.6 Å². The smallest absolute Gasteiger partial charge is 0.251 e. The Labute approximate surface area is 173 Å². The molecule has 0 aliphatic carbocycles. The van der Waals surface area contributed by atoms with Crippen LogP contribution in [0.5, 0.6) is 0 Å². The van der Waals surface area contributed by atoms with Gasteiger partial charge in [0.05, 0.1) is 0 Å². The first-order chi connectivity index (χ1) is 13.6. The van der Waals surface area contributed by atoms with Gasteiger partial charge in [0.25, 0.3) is 5.91 Å². The predicted octanol–water partition coefficient (Wildman–Crippen LogP) is 4.12. The number of carbonyl (C=O) groups is 1. The summed E-state index contributed by atoms with van der Waals surface area (Å²) in [7, 11) is 3.98. The third kappa shape index (κ3) is 5.52. The third-order valence-electron chi connectivity index (χ3n) is 5.47. The molecule has 1 N–H and O–H groups in total. The van der Waals surface area contributed by atoms with Gasteiger partial charge in [0.2, 0.25) is 0 Å². The van der Waals surface area contributed by atoms with E-state index in [2.05, 4.69) is 40.7 Å². The number of carbonyl (C=O) groups excluding carboxylic acids is 1. The number of amides is 1. The van der Waals surface area contributed by atoms with E-state index in [9.17, 15) is 4.79 Å². The summed E-state index contributed by atoms with van der Waals surface area (Å²) in [4.78, 5) is 18.4. The monoisotopic (exact) mass is 397 g/mol. The summed E-state index contributed by atoms with van der Waals surface area (Å²) < 4.78 is 0. The lowest BCUT2D eigenvalue weighted by Gasteiger charge is -2.32.